The first-order valence-electron chi connectivity index (χ1n) is 9.22. The van der Waals surface area contributed by atoms with Gasteiger partial charge in [-0.1, -0.05) is 23.5 Å². The molecule has 7 heteroatoms. The second-order valence-electron chi connectivity index (χ2n) is 6.77. The van der Waals surface area contributed by atoms with E-state index in [1.807, 2.05) is 35.1 Å². The quantitative estimate of drug-likeness (QED) is 0.751. The Morgan fingerprint density at radius 2 is 1.96 bits per heavy atom. The number of piperidine rings is 1. The smallest absolute Gasteiger partial charge is 0.186 e. The largest absolute Gasteiger partial charge is 0.348 e. The summed E-state index contributed by atoms with van der Waals surface area (Å²) in [5.41, 5.74) is 9.75. The second-order valence-corrected chi connectivity index (χ2v) is 7.75. The highest BCUT2D eigenvalue weighted by atomic mass is 32.1. The van der Waals surface area contributed by atoms with Gasteiger partial charge in [0, 0.05) is 43.0 Å². The van der Waals surface area contributed by atoms with Gasteiger partial charge in [0.2, 0.25) is 0 Å². The van der Waals surface area contributed by atoms with Gasteiger partial charge in [-0.05, 0) is 31.9 Å². The summed E-state index contributed by atoms with van der Waals surface area (Å²) in [4.78, 5) is 8.42. The van der Waals surface area contributed by atoms with Crippen LogP contribution in [0.4, 0.5) is 5.13 Å². The first-order valence-corrected chi connectivity index (χ1v) is 10.0. The summed E-state index contributed by atoms with van der Waals surface area (Å²) < 4.78 is 1.93. The molecule has 27 heavy (non-hydrogen) atoms. The highest BCUT2D eigenvalue weighted by Gasteiger charge is 2.23. The van der Waals surface area contributed by atoms with Gasteiger partial charge in [-0.15, -0.1) is 0 Å². The van der Waals surface area contributed by atoms with Crippen LogP contribution in [0.3, 0.4) is 0 Å². The first kappa shape index (κ1) is 17.7. The van der Waals surface area contributed by atoms with Crippen molar-refractivity contribution in [1.82, 2.24) is 14.8 Å². The molecule has 1 saturated heterocycles. The Hall–Kier alpha value is -2.69. The Morgan fingerprint density at radius 1 is 1.22 bits per heavy atom. The van der Waals surface area contributed by atoms with Crippen LogP contribution in [-0.2, 0) is 6.54 Å². The number of hydrogen-bond acceptors (Lipinski definition) is 6. The molecule has 1 aromatic carbocycles. The van der Waals surface area contributed by atoms with Crippen molar-refractivity contribution in [2.75, 3.05) is 18.0 Å². The minimum Gasteiger partial charge on any atom is -0.348 e. The summed E-state index contributed by atoms with van der Waals surface area (Å²) in [5.74, 6) is 0. The molecule has 1 aliphatic heterocycles. The Kier molecular flexibility index (Phi) is 4.92. The normalized spacial score (nSPS) is 15.1. The zero-order chi connectivity index (χ0) is 18.8. The van der Waals surface area contributed by atoms with Crippen LogP contribution in [-0.4, -0.2) is 33.9 Å². The number of nitriles is 1. The Balaban J connectivity index is 1.76. The van der Waals surface area contributed by atoms with Crippen LogP contribution in [0.5, 0.6) is 0 Å². The van der Waals surface area contributed by atoms with Crippen LogP contribution < -0.4 is 10.6 Å². The lowest BCUT2D eigenvalue weighted by Crippen LogP contribution is -2.39. The maximum atomic E-state index is 9.07. The van der Waals surface area contributed by atoms with Gasteiger partial charge in [0.25, 0.3) is 0 Å². The molecule has 2 N–H and O–H groups in total. The third-order valence-corrected chi connectivity index (χ3v) is 6.10. The van der Waals surface area contributed by atoms with Crippen molar-refractivity contribution >= 4 is 16.5 Å². The average Bonchev–Trinajstić information content (AvgIpc) is 3.35. The van der Waals surface area contributed by atoms with Crippen molar-refractivity contribution in [3.05, 3.63) is 42.2 Å². The van der Waals surface area contributed by atoms with E-state index in [1.54, 1.807) is 11.3 Å². The SMILES string of the molecule is CCn1cc(-c2sc(N3CCC(N)CC3)nc2-c2ccc(C#N)cc2)cn1. The standard InChI is InChI=1S/C20H22N6S/c1-2-26-13-16(12-23-26)19-18(15-5-3-14(11-21)4-6-15)24-20(27-19)25-9-7-17(22)8-10-25/h3-6,12-13,17H,2,7-10,22H2,1H3. The van der Waals surface area contributed by atoms with Crippen molar-refractivity contribution in [2.45, 2.75) is 32.4 Å². The van der Waals surface area contributed by atoms with Gasteiger partial charge in [-0.25, -0.2) is 4.98 Å². The summed E-state index contributed by atoms with van der Waals surface area (Å²) in [6, 6.07) is 10.1. The molecule has 0 radical (unpaired) electrons. The van der Waals surface area contributed by atoms with Gasteiger partial charge in [-0.2, -0.15) is 10.4 Å². The number of aromatic nitrogens is 3. The highest BCUT2D eigenvalue weighted by Crippen LogP contribution is 2.40. The van der Waals surface area contributed by atoms with Crippen molar-refractivity contribution in [3.63, 3.8) is 0 Å². The van der Waals surface area contributed by atoms with Crippen molar-refractivity contribution in [3.8, 4) is 27.8 Å². The monoisotopic (exact) mass is 378 g/mol. The van der Waals surface area contributed by atoms with Crippen molar-refractivity contribution in [1.29, 1.82) is 5.26 Å². The number of benzene rings is 1. The molecule has 0 bridgehead atoms. The van der Waals surface area contributed by atoms with Crippen molar-refractivity contribution in [2.24, 2.45) is 5.73 Å². The topological polar surface area (TPSA) is 83.8 Å². The van der Waals surface area contributed by atoms with E-state index < -0.39 is 0 Å². The molecule has 0 spiro atoms. The van der Waals surface area contributed by atoms with E-state index in [4.69, 9.17) is 16.0 Å². The van der Waals surface area contributed by atoms with Gasteiger partial charge < -0.3 is 10.6 Å². The molecule has 0 aliphatic carbocycles. The number of thiazole rings is 1. The van der Waals surface area contributed by atoms with Crippen LogP contribution in [0.1, 0.15) is 25.3 Å². The molecule has 138 valence electrons. The molecule has 3 heterocycles. The fourth-order valence-corrected chi connectivity index (χ4v) is 4.40. The Labute approximate surface area is 162 Å². The highest BCUT2D eigenvalue weighted by molar-refractivity contribution is 7.19. The number of anilines is 1. The molecule has 4 rings (SSSR count). The number of aryl methyl sites for hydroxylation is 1. The van der Waals surface area contributed by atoms with Crippen LogP contribution in [0.25, 0.3) is 21.7 Å². The molecule has 0 amide bonds. The minimum atomic E-state index is 0.293. The maximum absolute atomic E-state index is 9.07. The molecule has 2 aromatic heterocycles. The molecular weight excluding hydrogens is 356 g/mol. The zero-order valence-electron chi connectivity index (χ0n) is 15.3. The van der Waals surface area contributed by atoms with Gasteiger partial charge in [-0.3, -0.25) is 4.68 Å². The third-order valence-electron chi connectivity index (χ3n) is 4.93. The predicted octanol–water partition coefficient (Wildman–Crippen LogP) is 3.49. The Morgan fingerprint density at radius 3 is 2.59 bits per heavy atom. The number of rotatable bonds is 4. The molecule has 6 nitrogen and oxygen atoms in total. The number of nitrogens with zero attached hydrogens (tertiary/aromatic N) is 5. The lowest BCUT2D eigenvalue weighted by atomic mass is 10.1. The summed E-state index contributed by atoms with van der Waals surface area (Å²) in [6.45, 7) is 4.79. The fourth-order valence-electron chi connectivity index (χ4n) is 3.28. The molecule has 1 fully saturated rings. The molecule has 0 atom stereocenters. The minimum absolute atomic E-state index is 0.293. The summed E-state index contributed by atoms with van der Waals surface area (Å²) >= 11 is 1.70. The van der Waals surface area contributed by atoms with E-state index in [-0.39, 0.29) is 0 Å². The molecule has 0 saturated carbocycles. The second kappa shape index (κ2) is 7.51. The first-order chi connectivity index (χ1) is 13.2. The fraction of sp³-hybridized carbons (Fsp3) is 0.350. The van der Waals surface area contributed by atoms with E-state index in [0.29, 0.717) is 11.6 Å². The maximum Gasteiger partial charge on any atom is 0.186 e. The van der Waals surface area contributed by atoms with Crippen LogP contribution in [0.2, 0.25) is 0 Å². The zero-order valence-corrected chi connectivity index (χ0v) is 16.1. The van der Waals surface area contributed by atoms with E-state index in [1.165, 1.54) is 0 Å². The van der Waals surface area contributed by atoms with Gasteiger partial charge in [0.1, 0.15) is 0 Å². The summed E-state index contributed by atoms with van der Waals surface area (Å²) in [5, 5.41) is 14.5. The summed E-state index contributed by atoms with van der Waals surface area (Å²) in [6.07, 6.45) is 5.96. The van der Waals surface area contributed by atoms with E-state index in [0.717, 1.165) is 59.3 Å². The average molecular weight is 379 g/mol. The van der Waals surface area contributed by atoms with E-state index in [9.17, 15) is 0 Å². The van der Waals surface area contributed by atoms with E-state index in [2.05, 4.69) is 29.2 Å². The van der Waals surface area contributed by atoms with Crippen molar-refractivity contribution < 1.29 is 0 Å². The molecular formula is C20H22N6S. The van der Waals surface area contributed by atoms with Crippen LogP contribution >= 0.6 is 11.3 Å². The number of hydrogen-bond donors (Lipinski definition) is 1. The lowest BCUT2D eigenvalue weighted by molar-refractivity contribution is 0.501. The summed E-state index contributed by atoms with van der Waals surface area (Å²) in [7, 11) is 0. The van der Waals surface area contributed by atoms with E-state index >= 15 is 0 Å². The molecule has 1 aliphatic rings. The molecule has 3 aromatic rings. The predicted molar refractivity (Wildman–Crippen MR) is 109 cm³/mol. The van der Waals surface area contributed by atoms with Gasteiger partial charge >= 0.3 is 0 Å². The van der Waals surface area contributed by atoms with Gasteiger partial charge in [0.15, 0.2) is 5.13 Å². The van der Waals surface area contributed by atoms with Gasteiger partial charge in [0.05, 0.1) is 28.4 Å². The number of nitrogens with two attached hydrogens (primary N) is 1. The Bertz CT molecular complexity index is 957. The third kappa shape index (κ3) is 3.59. The molecule has 0 unspecified atom stereocenters. The van der Waals surface area contributed by atoms with Crippen LogP contribution in [0.15, 0.2) is 36.7 Å². The van der Waals surface area contributed by atoms with Crippen LogP contribution in [0, 0.1) is 11.3 Å². The lowest BCUT2D eigenvalue weighted by Gasteiger charge is -2.29.